The van der Waals surface area contributed by atoms with Gasteiger partial charge >= 0.3 is 0 Å². The zero-order valence-corrected chi connectivity index (χ0v) is 10.7. The van der Waals surface area contributed by atoms with Crippen molar-refractivity contribution in [3.05, 3.63) is 35.9 Å². The molecule has 0 bridgehead atoms. The van der Waals surface area contributed by atoms with Gasteiger partial charge in [0.1, 0.15) is 5.78 Å². The summed E-state index contributed by atoms with van der Waals surface area (Å²) in [6.07, 6.45) is 2.66. The van der Waals surface area contributed by atoms with Gasteiger partial charge in [0.15, 0.2) is 0 Å². The minimum Gasteiger partial charge on any atom is -0.388 e. The monoisotopic (exact) mass is 234 g/mol. The molecule has 0 fully saturated rings. The number of carbonyl (C=O) groups is 1. The van der Waals surface area contributed by atoms with E-state index in [0.29, 0.717) is 6.42 Å². The predicted octanol–water partition coefficient (Wildman–Crippen LogP) is 3.51. The highest BCUT2D eigenvalue weighted by atomic mass is 16.3. The maximum Gasteiger partial charge on any atom is 0.138 e. The molecule has 0 aliphatic rings. The maximum absolute atomic E-state index is 11.9. The maximum atomic E-state index is 11.9. The highest BCUT2D eigenvalue weighted by Crippen LogP contribution is 2.27. The molecule has 0 heterocycles. The fourth-order valence-electron chi connectivity index (χ4n) is 2.06. The first-order valence-corrected chi connectivity index (χ1v) is 6.46. The normalized spacial score (nSPS) is 14.3. The first-order valence-electron chi connectivity index (χ1n) is 6.46. The van der Waals surface area contributed by atoms with Crippen LogP contribution in [0, 0.1) is 5.92 Å². The minimum atomic E-state index is -0.657. The van der Waals surface area contributed by atoms with Gasteiger partial charge in [0.25, 0.3) is 0 Å². The van der Waals surface area contributed by atoms with Crippen LogP contribution in [-0.4, -0.2) is 10.9 Å². The van der Waals surface area contributed by atoms with Gasteiger partial charge in [-0.15, -0.1) is 0 Å². The molecule has 0 aliphatic heterocycles. The highest BCUT2D eigenvalue weighted by molar-refractivity contribution is 5.81. The van der Waals surface area contributed by atoms with Gasteiger partial charge in [-0.3, -0.25) is 4.79 Å². The Balaban J connectivity index is 2.78. The molecule has 1 aromatic carbocycles. The van der Waals surface area contributed by atoms with Crippen molar-refractivity contribution in [2.45, 2.75) is 45.6 Å². The third-order valence-electron chi connectivity index (χ3n) is 3.15. The first kappa shape index (κ1) is 13.9. The lowest BCUT2D eigenvalue weighted by Crippen LogP contribution is -2.21. The molecule has 2 nitrogen and oxygen atoms in total. The summed E-state index contributed by atoms with van der Waals surface area (Å²) in [6.45, 7) is 3.96. The number of aliphatic hydroxyl groups excluding tert-OH is 1. The molecule has 1 aromatic rings. The molecule has 0 radical (unpaired) electrons. The Morgan fingerprint density at radius 2 is 1.88 bits per heavy atom. The summed E-state index contributed by atoms with van der Waals surface area (Å²) in [5, 5.41) is 10.3. The van der Waals surface area contributed by atoms with E-state index in [1.54, 1.807) is 0 Å². The Morgan fingerprint density at radius 3 is 2.41 bits per heavy atom. The lowest BCUT2D eigenvalue weighted by atomic mass is 9.87. The summed E-state index contributed by atoms with van der Waals surface area (Å²) in [4.78, 5) is 11.9. The second-order valence-electron chi connectivity index (χ2n) is 4.42. The summed E-state index contributed by atoms with van der Waals surface area (Å²) in [5.74, 6) is -0.0860. The lowest BCUT2D eigenvalue weighted by Gasteiger charge is -2.21. The van der Waals surface area contributed by atoms with Gasteiger partial charge in [-0.1, -0.05) is 57.0 Å². The molecule has 0 saturated carbocycles. The van der Waals surface area contributed by atoms with Crippen molar-refractivity contribution >= 4 is 5.78 Å². The molecule has 2 unspecified atom stereocenters. The third-order valence-corrected chi connectivity index (χ3v) is 3.15. The zero-order chi connectivity index (χ0) is 12.7. The van der Waals surface area contributed by atoms with Crippen LogP contribution in [0.4, 0.5) is 0 Å². The van der Waals surface area contributed by atoms with Crippen LogP contribution < -0.4 is 0 Å². The number of unbranched alkanes of at least 4 members (excludes halogenated alkanes) is 1. The van der Waals surface area contributed by atoms with Crippen molar-refractivity contribution in [1.29, 1.82) is 0 Å². The van der Waals surface area contributed by atoms with E-state index in [0.717, 1.165) is 24.8 Å². The Labute approximate surface area is 104 Å². The molecule has 94 valence electrons. The summed E-state index contributed by atoms with van der Waals surface area (Å²) in [6, 6.07) is 9.47. The number of hydrogen-bond donors (Lipinski definition) is 1. The molecule has 1 rings (SSSR count). The summed E-state index contributed by atoms with van der Waals surface area (Å²) >= 11 is 0. The topological polar surface area (TPSA) is 37.3 Å². The number of carbonyl (C=O) groups excluding carboxylic acids is 1. The van der Waals surface area contributed by atoms with Gasteiger partial charge in [-0.25, -0.2) is 0 Å². The molecular weight excluding hydrogens is 212 g/mol. The first-order chi connectivity index (χ1) is 8.20. The molecule has 17 heavy (non-hydrogen) atoms. The molecule has 0 amide bonds. The van der Waals surface area contributed by atoms with E-state index in [1.165, 1.54) is 0 Å². The number of ketones is 1. The molecule has 0 aliphatic carbocycles. The quantitative estimate of drug-likeness (QED) is 0.784. The number of aliphatic hydroxyl groups is 1. The fraction of sp³-hybridized carbons (Fsp3) is 0.533. The van der Waals surface area contributed by atoms with Crippen LogP contribution in [0.3, 0.4) is 0 Å². The SMILES string of the molecule is CCCCC(C(=O)CC)C(O)c1ccccc1. The van der Waals surface area contributed by atoms with Crippen LogP contribution >= 0.6 is 0 Å². The van der Waals surface area contributed by atoms with Crippen LogP contribution in [0.25, 0.3) is 0 Å². The van der Waals surface area contributed by atoms with Gasteiger partial charge in [0, 0.05) is 12.3 Å². The molecule has 2 atom stereocenters. The van der Waals surface area contributed by atoms with E-state index < -0.39 is 6.10 Å². The molecular formula is C15H22O2. The Bertz CT molecular complexity index is 332. The van der Waals surface area contributed by atoms with Gasteiger partial charge in [-0.05, 0) is 12.0 Å². The predicted molar refractivity (Wildman–Crippen MR) is 69.7 cm³/mol. The summed E-state index contributed by atoms with van der Waals surface area (Å²) in [7, 11) is 0. The van der Waals surface area contributed by atoms with Crippen molar-refractivity contribution in [1.82, 2.24) is 0 Å². The fourth-order valence-corrected chi connectivity index (χ4v) is 2.06. The smallest absolute Gasteiger partial charge is 0.138 e. The van der Waals surface area contributed by atoms with Crippen molar-refractivity contribution in [2.24, 2.45) is 5.92 Å². The third kappa shape index (κ3) is 3.97. The van der Waals surface area contributed by atoms with E-state index in [4.69, 9.17) is 0 Å². The van der Waals surface area contributed by atoms with Gasteiger partial charge in [0.05, 0.1) is 6.10 Å². The Morgan fingerprint density at radius 1 is 1.24 bits per heavy atom. The largest absolute Gasteiger partial charge is 0.388 e. The van der Waals surface area contributed by atoms with E-state index >= 15 is 0 Å². The van der Waals surface area contributed by atoms with Gasteiger partial charge in [-0.2, -0.15) is 0 Å². The zero-order valence-electron chi connectivity index (χ0n) is 10.7. The Hall–Kier alpha value is -1.15. The van der Waals surface area contributed by atoms with E-state index in [2.05, 4.69) is 6.92 Å². The lowest BCUT2D eigenvalue weighted by molar-refractivity contribution is -0.126. The number of rotatable bonds is 7. The van der Waals surface area contributed by atoms with Crippen LogP contribution in [-0.2, 0) is 4.79 Å². The average molecular weight is 234 g/mol. The van der Waals surface area contributed by atoms with Crippen molar-refractivity contribution in [3.63, 3.8) is 0 Å². The van der Waals surface area contributed by atoms with Crippen LogP contribution in [0.15, 0.2) is 30.3 Å². The molecule has 2 heteroatoms. The average Bonchev–Trinajstić information content (AvgIpc) is 2.39. The Kier molecular flexibility index (Phi) is 5.92. The van der Waals surface area contributed by atoms with Crippen molar-refractivity contribution in [3.8, 4) is 0 Å². The number of hydrogen-bond acceptors (Lipinski definition) is 2. The van der Waals surface area contributed by atoms with Crippen molar-refractivity contribution in [2.75, 3.05) is 0 Å². The van der Waals surface area contributed by atoms with E-state index in [1.807, 2.05) is 37.3 Å². The van der Waals surface area contributed by atoms with Crippen molar-refractivity contribution < 1.29 is 9.90 Å². The van der Waals surface area contributed by atoms with Gasteiger partial charge < -0.3 is 5.11 Å². The van der Waals surface area contributed by atoms with E-state index in [-0.39, 0.29) is 11.7 Å². The highest BCUT2D eigenvalue weighted by Gasteiger charge is 2.25. The van der Waals surface area contributed by atoms with Gasteiger partial charge in [0.2, 0.25) is 0 Å². The molecule has 1 N–H and O–H groups in total. The van der Waals surface area contributed by atoms with Crippen LogP contribution in [0.2, 0.25) is 0 Å². The van der Waals surface area contributed by atoms with Crippen LogP contribution in [0.1, 0.15) is 51.2 Å². The second-order valence-corrected chi connectivity index (χ2v) is 4.42. The molecule has 0 spiro atoms. The summed E-state index contributed by atoms with van der Waals surface area (Å²) < 4.78 is 0. The number of Topliss-reactive ketones (excluding diaryl/α,β-unsaturated/α-hetero) is 1. The molecule has 0 aromatic heterocycles. The standard InChI is InChI=1S/C15H22O2/c1-3-5-11-13(14(16)4-2)15(17)12-9-7-6-8-10-12/h6-10,13,15,17H,3-5,11H2,1-2H3. The minimum absolute atomic E-state index is 0.162. The van der Waals surface area contributed by atoms with E-state index in [9.17, 15) is 9.90 Å². The molecule has 0 saturated heterocycles. The van der Waals surface area contributed by atoms with Crippen LogP contribution in [0.5, 0.6) is 0 Å². The second kappa shape index (κ2) is 7.23. The summed E-state index contributed by atoms with van der Waals surface area (Å²) in [5.41, 5.74) is 0.843. The number of benzene rings is 1.